The van der Waals surface area contributed by atoms with Gasteiger partial charge in [0.05, 0.1) is 0 Å². The number of anilines is 1. The number of nitrogens with one attached hydrogen (secondary N) is 1. The summed E-state index contributed by atoms with van der Waals surface area (Å²) < 4.78 is 0. The highest BCUT2D eigenvalue weighted by atomic mass is 16.2. The monoisotopic (exact) mass is 218 g/mol. The molecule has 84 valence electrons. The molecule has 1 saturated carbocycles. The van der Waals surface area contributed by atoms with Crippen molar-refractivity contribution >= 4 is 17.5 Å². The first-order chi connectivity index (χ1) is 7.66. The second kappa shape index (κ2) is 4.35. The molecule has 0 aromatic heterocycles. The topological polar surface area (TPSA) is 72.2 Å². The van der Waals surface area contributed by atoms with Crippen molar-refractivity contribution in [3.8, 4) is 0 Å². The van der Waals surface area contributed by atoms with Crippen LogP contribution in [-0.2, 0) is 4.79 Å². The molecule has 1 aliphatic carbocycles. The number of nitrogens with two attached hydrogens (primary N) is 1. The Morgan fingerprint density at radius 3 is 2.62 bits per heavy atom. The molecule has 1 fully saturated rings. The Labute approximate surface area is 93.8 Å². The summed E-state index contributed by atoms with van der Waals surface area (Å²) in [7, 11) is 0. The third kappa shape index (κ3) is 2.21. The number of hydrogen-bond acceptors (Lipinski definition) is 2. The van der Waals surface area contributed by atoms with Crippen LogP contribution in [0.2, 0.25) is 0 Å². The second-order valence-electron chi connectivity index (χ2n) is 4.06. The van der Waals surface area contributed by atoms with E-state index in [0.29, 0.717) is 11.3 Å². The van der Waals surface area contributed by atoms with Crippen LogP contribution in [0.25, 0.3) is 0 Å². The zero-order valence-corrected chi connectivity index (χ0v) is 8.90. The highest BCUT2D eigenvalue weighted by Crippen LogP contribution is 2.27. The molecule has 0 aliphatic heterocycles. The molecule has 16 heavy (non-hydrogen) atoms. The van der Waals surface area contributed by atoms with Gasteiger partial charge in [-0.05, 0) is 31.0 Å². The molecule has 4 heteroatoms. The van der Waals surface area contributed by atoms with E-state index in [2.05, 4.69) is 5.32 Å². The lowest BCUT2D eigenvalue weighted by Gasteiger charge is -2.24. The lowest BCUT2D eigenvalue weighted by molar-refractivity contribution is -0.122. The summed E-state index contributed by atoms with van der Waals surface area (Å²) >= 11 is 0. The lowest BCUT2D eigenvalue weighted by atomic mass is 9.85. The van der Waals surface area contributed by atoms with Crippen LogP contribution in [0, 0.1) is 5.92 Å². The van der Waals surface area contributed by atoms with Gasteiger partial charge in [0.15, 0.2) is 0 Å². The fourth-order valence-electron chi connectivity index (χ4n) is 1.66. The van der Waals surface area contributed by atoms with Gasteiger partial charge in [-0.25, -0.2) is 0 Å². The minimum Gasteiger partial charge on any atom is -0.366 e. The van der Waals surface area contributed by atoms with Crippen LogP contribution in [0.15, 0.2) is 24.3 Å². The predicted octanol–water partition coefficient (Wildman–Crippen LogP) is 1.52. The van der Waals surface area contributed by atoms with Crippen LogP contribution >= 0.6 is 0 Å². The molecular formula is C12H14N2O2. The minimum absolute atomic E-state index is 0.0351. The third-order valence-electron chi connectivity index (χ3n) is 2.89. The summed E-state index contributed by atoms with van der Waals surface area (Å²) in [6, 6.07) is 6.68. The van der Waals surface area contributed by atoms with Gasteiger partial charge in [0, 0.05) is 17.2 Å². The second-order valence-corrected chi connectivity index (χ2v) is 4.06. The number of amides is 2. The summed E-state index contributed by atoms with van der Waals surface area (Å²) in [6.07, 6.45) is 3.04. The van der Waals surface area contributed by atoms with E-state index in [1.807, 2.05) is 0 Å². The molecule has 0 saturated heterocycles. The fraction of sp³-hybridized carbons (Fsp3) is 0.333. The molecule has 0 atom stereocenters. The van der Waals surface area contributed by atoms with Gasteiger partial charge in [0.25, 0.3) is 0 Å². The molecule has 1 aliphatic rings. The summed E-state index contributed by atoms with van der Waals surface area (Å²) in [5, 5.41) is 2.79. The molecule has 2 amide bonds. The van der Waals surface area contributed by atoms with Crippen molar-refractivity contribution in [1.29, 1.82) is 0 Å². The van der Waals surface area contributed by atoms with Crippen LogP contribution in [0.4, 0.5) is 5.69 Å². The third-order valence-corrected chi connectivity index (χ3v) is 2.89. The quantitative estimate of drug-likeness (QED) is 0.807. The standard InChI is InChI=1S/C12H14N2O2/c13-11(15)9-5-2-6-10(7-9)14-12(16)8-3-1-4-8/h2,5-8H,1,3-4H2,(H2,13,15)(H,14,16). The van der Waals surface area contributed by atoms with Gasteiger partial charge in [0.1, 0.15) is 0 Å². The van der Waals surface area contributed by atoms with Crippen LogP contribution in [0.3, 0.4) is 0 Å². The summed E-state index contributed by atoms with van der Waals surface area (Å²) in [4.78, 5) is 22.6. The van der Waals surface area contributed by atoms with Crippen molar-refractivity contribution in [2.24, 2.45) is 11.7 Å². The zero-order chi connectivity index (χ0) is 11.5. The number of carbonyl (C=O) groups is 2. The van der Waals surface area contributed by atoms with Crippen molar-refractivity contribution < 1.29 is 9.59 Å². The Morgan fingerprint density at radius 2 is 2.06 bits per heavy atom. The van der Waals surface area contributed by atoms with Crippen molar-refractivity contribution in [2.45, 2.75) is 19.3 Å². The molecule has 3 N–H and O–H groups in total. The molecular weight excluding hydrogens is 204 g/mol. The van der Waals surface area contributed by atoms with E-state index in [9.17, 15) is 9.59 Å². The van der Waals surface area contributed by atoms with E-state index >= 15 is 0 Å². The maximum Gasteiger partial charge on any atom is 0.248 e. The Kier molecular flexibility index (Phi) is 2.90. The Balaban J connectivity index is 2.05. The molecule has 1 aromatic carbocycles. The van der Waals surface area contributed by atoms with Gasteiger partial charge >= 0.3 is 0 Å². The maximum atomic E-state index is 11.6. The van der Waals surface area contributed by atoms with E-state index in [4.69, 9.17) is 5.73 Å². The van der Waals surface area contributed by atoms with E-state index in [1.54, 1.807) is 24.3 Å². The number of hydrogen-bond donors (Lipinski definition) is 2. The molecule has 4 nitrogen and oxygen atoms in total. The number of rotatable bonds is 3. The zero-order valence-electron chi connectivity index (χ0n) is 8.90. The number of primary amides is 1. The average Bonchev–Trinajstić information content (AvgIpc) is 2.15. The van der Waals surface area contributed by atoms with Crippen LogP contribution in [0.1, 0.15) is 29.6 Å². The van der Waals surface area contributed by atoms with Gasteiger partial charge < -0.3 is 11.1 Å². The van der Waals surface area contributed by atoms with E-state index in [1.165, 1.54) is 0 Å². The first kappa shape index (κ1) is 10.7. The minimum atomic E-state index is -0.486. The van der Waals surface area contributed by atoms with Crippen molar-refractivity contribution in [3.05, 3.63) is 29.8 Å². The van der Waals surface area contributed by atoms with Crippen LogP contribution in [-0.4, -0.2) is 11.8 Å². The molecule has 0 radical (unpaired) electrons. The average molecular weight is 218 g/mol. The largest absolute Gasteiger partial charge is 0.366 e. The first-order valence-electron chi connectivity index (χ1n) is 5.37. The Hall–Kier alpha value is -1.84. The van der Waals surface area contributed by atoms with Gasteiger partial charge in [0.2, 0.25) is 11.8 Å². The Bertz CT molecular complexity index is 425. The lowest BCUT2D eigenvalue weighted by Crippen LogP contribution is -2.28. The number of benzene rings is 1. The van der Waals surface area contributed by atoms with Gasteiger partial charge in [-0.1, -0.05) is 12.5 Å². The highest BCUT2D eigenvalue weighted by molar-refractivity contribution is 5.97. The van der Waals surface area contributed by atoms with E-state index in [-0.39, 0.29) is 11.8 Å². The molecule has 0 spiro atoms. The fourth-order valence-corrected chi connectivity index (χ4v) is 1.66. The van der Waals surface area contributed by atoms with Crippen molar-refractivity contribution in [3.63, 3.8) is 0 Å². The molecule has 0 bridgehead atoms. The summed E-state index contributed by atoms with van der Waals surface area (Å²) in [6.45, 7) is 0. The summed E-state index contributed by atoms with van der Waals surface area (Å²) in [5.74, 6) is -0.315. The molecule has 0 unspecified atom stereocenters. The van der Waals surface area contributed by atoms with Crippen molar-refractivity contribution in [1.82, 2.24) is 0 Å². The van der Waals surface area contributed by atoms with E-state index < -0.39 is 5.91 Å². The molecule has 1 aromatic rings. The van der Waals surface area contributed by atoms with Gasteiger partial charge in [-0.2, -0.15) is 0 Å². The number of carbonyl (C=O) groups excluding carboxylic acids is 2. The summed E-state index contributed by atoms with van der Waals surface area (Å²) in [5.41, 5.74) is 6.20. The molecule has 2 rings (SSSR count). The van der Waals surface area contributed by atoms with Crippen LogP contribution in [0.5, 0.6) is 0 Å². The van der Waals surface area contributed by atoms with Crippen molar-refractivity contribution in [2.75, 3.05) is 5.32 Å². The predicted molar refractivity (Wildman–Crippen MR) is 60.9 cm³/mol. The SMILES string of the molecule is NC(=O)c1cccc(NC(=O)C2CCC2)c1. The highest BCUT2D eigenvalue weighted by Gasteiger charge is 2.25. The van der Waals surface area contributed by atoms with Crippen LogP contribution < -0.4 is 11.1 Å². The Morgan fingerprint density at radius 1 is 1.31 bits per heavy atom. The maximum absolute atomic E-state index is 11.6. The first-order valence-corrected chi connectivity index (χ1v) is 5.37. The van der Waals surface area contributed by atoms with E-state index in [0.717, 1.165) is 19.3 Å². The normalized spacial score (nSPS) is 15.2. The van der Waals surface area contributed by atoms with Gasteiger partial charge in [-0.3, -0.25) is 9.59 Å². The smallest absolute Gasteiger partial charge is 0.248 e. The van der Waals surface area contributed by atoms with Gasteiger partial charge in [-0.15, -0.1) is 0 Å². The molecule has 0 heterocycles.